The van der Waals surface area contributed by atoms with Crippen LogP contribution >= 0.6 is 11.6 Å². The van der Waals surface area contributed by atoms with E-state index in [0.717, 1.165) is 31.6 Å². The van der Waals surface area contributed by atoms with Gasteiger partial charge in [-0.3, -0.25) is 4.90 Å². The van der Waals surface area contributed by atoms with Gasteiger partial charge in [0.05, 0.1) is 12.1 Å². The molecule has 0 spiro atoms. The molecule has 1 saturated carbocycles. The summed E-state index contributed by atoms with van der Waals surface area (Å²) >= 11 is 6.32. The number of nitrogens with zero attached hydrogens (tertiary/aromatic N) is 4. The molecule has 2 atom stereocenters. The number of nitrogens with one attached hydrogen (secondary N) is 3. The maximum Gasteiger partial charge on any atom is 0.233 e. The number of methoxy groups -OCH3 is 1. The first-order valence-corrected chi connectivity index (χ1v) is 13.1. The molecule has 3 N–H and O–H groups in total. The van der Waals surface area contributed by atoms with Crippen LogP contribution in [0.25, 0.3) is 0 Å². The zero-order chi connectivity index (χ0) is 23.9. The summed E-state index contributed by atoms with van der Waals surface area (Å²) < 4.78 is 5.27. The van der Waals surface area contributed by atoms with Crippen molar-refractivity contribution >= 4 is 35.1 Å². The number of benzene rings is 1. The van der Waals surface area contributed by atoms with Crippen LogP contribution in [0.2, 0.25) is 5.02 Å². The summed E-state index contributed by atoms with van der Waals surface area (Å²) in [5.74, 6) is 2.31. The maximum atomic E-state index is 6.32. The summed E-state index contributed by atoms with van der Waals surface area (Å²) in [6.07, 6.45) is 9.82. The van der Waals surface area contributed by atoms with Gasteiger partial charge < -0.3 is 20.7 Å². The summed E-state index contributed by atoms with van der Waals surface area (Å²) in [5.41, 5.74) is 0.796. The Morgan fingerprint density at radius 2 is 1.76 bits per heavy atom. The van der Waals surface area contributed by atoms with Crippen molar-refractivity contribution in [2.24, 2.45) is 0 Å². The van der Waals surface area contributed by atoms with Crippen molar-refractivity contribution < 1.29 is 4.74 Å². The van der Waals surface area contributed by atoms with Crippen LogP contribution in [-0.4, -0.2) is 58.2 Å². The molecule has 2 unspecified atom stereocenters. The highest BCUT2D eigenvalue weighted by atomic mass is 35.5. The van der Waals surface area contributed by atoms with Gasteiger partial charge in [0, 0.05) is 23.8 Å². The van der Waals surface area contributed by atoms with Gasteiger partial charge in [0.1, 0.15) is 5.75 Å². The molecule has 186 valence electrons. The maximum absolute atomic E-state index is 6.32. The van der Waals surface area contributed by atoms with E-state index in [4.69, 9.17) is 31.3 Å². The number of rotatable bonds is 9. The van der Waals surface area contributed by atoms with E-state index in [2.05, 4.69) is 34.7 Å². The minimum Gasteiger partial charge on any atom is -0.495 e. The standard InChI is InChI=1S/C25H38ClN7O/c1-4-33-15-9-12-21(33)17(2)27-23-30-24(28-18-10-7-5-6-8-11-18)32-25(31-23)29-19-13-14-22(34-3)20(26)16-19/h13-14,16-18,21H,4-12,15H2,1-3H3,(H3,27,28,29,30,31,32). The third kappa shape index (κ3) is 6.42. The van der Waals surface area contributed by atoms with Crippen LogP contribution in [0.3, 0.4) is 0 Å². The molecule has 9 heteroatoms. The van der Waals surface area contributed by atoms with Gasteiger partial charge in [-0.25, -0.2) is 0 Å². The second-order valence-electron chi connectivity index (χ2n) is 9.38. The van der Waals surface area contributed by atoms with Gasteiger partial charge in [-0.15, -0.1) is 0 Å². The molecule has 0 amide bonds. The van der Waals surface area contributed by atoms with Crippen LogP contribution in [-0.2, 0) is 0 Å². The van der Waals surface area contributed by atoms with E-state index < -0.39 is 0 Å². The fraction of sp³-hybridized carbons (Fsp3) is 0.640. The van der Waals surface area contributed by atoms with Crippen molar-refractivity contribution in [1.82, 2.24) is 19.9 Å². The first kappa shape index (κ1) is 24.8. The monoisotopic (exact) mass is 487 g/mol. The molecular weight excluding hydrogens is 450 g/mol. The number of likely N-dealkylation sites (tertiary alicyclic amines) is 1. The highest BCUT2D eigenvalue weighted by Gasteiger charge is 2.28. The van der Waals surface area contributed by atoms with Crippen LogP contribution in [0, 0.1) is 0 Å². The zero-order valence-corrected chi connectivity index (χ0v) is 21.4. The van der Waals surface area contributed by atoms with Gasteiger partial charge in [-0.2, -0.15) is 15.0 Å². The lowest BCUT2D eigenvalue weighted by atomic mass is 10.1. The Bertz CT molecular complexity index is 935. The Morgan fingerprint density at radius 3 is 2.47 bits per heavy atom. The van der Waals surface area contributed by atoms with Crippen LogP contribution in [0.4, 0.5) is 23.5 Å². The summed E-state index contributed by atoms with van der Waals surface area (Å²) in [6, 6.07) is 6.66. The number of aromatic nitrogens is 3. The molecule has 34 heavy (non-hydrogen) atoms. The minimum absolute atomic E-state index is 0.235. The van der Waals surface area contributed by atoms with E-state index in [-0.39, 0.29) is 6.04 Å². The predicted octanol–water partition coefficient (Wildman–Crippen LogP) is 5.70. The molecule has 1 aliphatic heterocycles. The van der Waals surface area contributed by atoms with Gasteiger partial charge in [0.25, 0.3) is 0 Å². The van der Waals surface area contributed by atoms with E-state index in [1.54, 1.807) is 7.11 Å². The van der Waals surface area contributed by atoms with E-state index in [0.29, 0.717) is 40.7 Å². The SMILES string of the molecule is CCN1CCCC1C(C)Nc1nc(Nc2ccc(OC)c(Cl)c2)nc(NC2CCCCCC2)n1. The number of likely N-dealkylation sites (N-methyl/N-ethyl adjacent to an activating group) is 1. The number of halogens is 1. The molecule has 2 aliphatic rings. The zero-order valence-electron chi connectivity index (χ0n) is 20.6. The molecule has 2 heterocycles. The molecule has 4 rings (SSSR count). The molecule has 0 radical (unpaired) electrons. The van der Waals surface area contributed by atoms with E-state index >= 15 is 0 Å². The average molecular weight is 488 g/mol. The largest absolute Gasteiger partial charge is 0.495 e. The van der Waals surface area contributed by atoms with Gasteiger partial charge in [-0.1, -0.05) is 44.2 Å². The Kier molecular flexibility index (Phi) is 8.67. The van der Waals surface area contributed by atoms with Gasteiger partial charge in [0.2, 0.25) is 17.8 Å². The van der Waals surface area contributed by atoms with Gasteiger partial charge >= 0.3 is 0 Å². The second kappa shape index (κ2) is 11.9. The summed E-state index contributed by atoms with van der Waals surface area (Å²) in [4.78, 5) is 16.7. The van der Waals surface area contributed by atoms with Crippen molar-refractivity contribution in [3.8, 4) is 5.75 Å². The lowest BCUT2D eigenvalue weighted by Crippen LogP contribution is -2.41. The van der Waals surface area contributed by atoms with E-state index in [9.17, 15) is 0 Å². The average Bonchev–Trinajstić information content (AvgIpc) is 3.16. The Labute approximate surface area is 208 Å². The Morgan fingerprint density at radius 1 is 1.03 bits per heavy atom. The molecule has 1 aromatic carbocycles. The van der Waals surface area contributed by atoms with Crippen LogP contribution in [0.15, 0.2) is 18.2 Å². The van der Waals surface area contributed by atoms with Crippen molar-refractivity contribution in [3.05, 3.63) is 23.2 Å². The van der Waals surface area contributed by atoms with E-state index in [1.165, 1.54) is 38.5 Å². The van der Waals surface area contributed by atoms with Crippen LogP contribution in [0.5, 0.6) is 5.75 Å². The first-order valence-electron chi connectivity index (χ1n) is 12.7. The van der Waals surface area contributed by atoms with Crippen LogP contribution < -0.4 is 20.7 Å². The van der Waals surface area contributed by atoms with E-state index in [1.807, 2.05) is 18.2 Å². The van der Waals surface area contributed by atoms with Crippen molar-refractivity contribution in [2.75, 3.05) is 36.1 Å². The minimum atomic E-state index is 0.235. The molecule has 1 aromatic heterocycles. The molecule has 0 bridgehead atoms. The first-order chi connectivity index (χ1) is 16.6. The Hall–Kier alpha value is -2.32. The lowest BCUT2D eigenvalue weighted by molar-refractivity contribution is 0.249. The third-order valence-electron chi connectivity index (χ3n) is 6.99. The van der Waals surface area contributed by atoms with Crippen LogP contribution in [0.1, 0.15) is 65.2 Å². The quantitative estimate of drug-likeness (QED) is 0.388. The van der Waals surface area contributed by atoms with Crippen molar-refractivity contribution in [2.45, 2.75) is 83.3 Å². The molecule has 2 aromatic rings. The molecular formula is C25H38ClN7O. The highest BCUT2D eigenvalue weighted by molar-refractivity contribution is 6.32. The number of hydrogen-bond donors (Lipinski definition) is 3. The third-order valence-corrected chi connectivity index (χ3v) is 7.28. The fourth-order valence-electron chi connectivity index (χ4n) is 5.15. The number of anilines is 4. The molecule has 1 aliphatic carbocycles. The normalized spacial score (nSPS) is 20.5. The smallest absolute Gasteiger partial charge is 0.233 e. The summed E-state index contributed by atoms with van der Waals surface area (Å²) in [6.45, 7) is 6.67. The van der Waals surface area contributed by atoms with Crippen molar-refractivity contribution in [1.29, 1.82) is 0 Å². The van der Waals surface area contributed by atoms with Gasteiger partial charge in [-0.05, 0) is 63.9 Å². The Balaban J connectivity index is 1.55. The highest BCUT2D eigenvalue weighted by Crippen LogP contribution is 2.29. The predicted molar refractivity (Wildman–Crippen MR) is 140 cm³/mol. The van der Waals surface area contributed by atoms with Gasteiger partial charge in [0.15, 0.2) is 0 Å². The number of hydrogen-bond acceptors (Lipinski definition) is 8. The lowest BCUT2D eigenvalue weighted by Gasteiger charge is -2.29. The topological polar surface area (TPSA) is 87.2 Å². The van der Waals surface area contributed by atoms with Crippen molar-refractivity contribution in [3.63, 3.8) is 0 Å². The molecule has 2 fully saturated rings. The second-order valence-corrected chi connectivity index (χ2v) is 9.79. The fourth-order valence-corrected chi connectivity index (χ4v) is 5.41. The molecule has 1 saturated heterocycles. The number of ether oxygens (including phenoxy) is 1. The summed E-state index contributed by atoms with van der Waals surface area (Å²) in [7, 11) is 1.61. The molecule has 8 nitrogen and oxygen atoms in total. The summed E-state index contributed by atoms with van der Waals surface area (Å²) in [5, 5.41) is 11.0.